The number of rotatable bonds is 6. The molecule has 2 aromatic carbocycles. The summed E-state index contributed by atoms with van der Waals surface area (Å²) in [6.45, 7) is 5.50. The van der Waals surface area contributed by atoms with Crippen molar-refractivity contribution in [1.29, 1.82) is 0 Å². The molecule has 1 atom stereocenters. The molecule has 4 rings (SSSR count). The lowest BCUT2D eigenvalue weighted by Crippen LogP contribution is -2.45. The highest BCUT2D eigenvalue weighted by atomic mass is 32.1. The summed E-state index contributed by atoms with van der Waals surface area (Å²) >= 11 is 1.39. The topological polar surface area (TPSA) is 57.7 Å². The molecule has 32 heavy (non-hydrogen) atoms. The van der Waals surface area contributed by atoms with Gasteiger partial charge in [-0.2, -0.15) is 0 Å². The molecule has 3 aromatic rings. The second-order valence-corrected chi connectivity index (χ2v) is 8.78. The minimum Gasteiger partial charge on any atom is -0.496 e. The Hall–Kier alpha value is -2.97. The van der Waals surface area contributed by atoms with E-state index in [1.807, 2.05) is 31.2 Å². The number of para-hydroxylation sites is 1. The average molecular weight is 455 g/mol. The monoisotopic (exact) mass is 454 g/mol. The van der Waals surface area contributed by atoms with Crippen molar-refractivity contribution in [3.63, 3.8) is 0 Å². The fraction of sp³-hybridized carbons (Fsp3) is 0.333. The smallest absolute Gasteiger partial charge is 0.271 e. The van der Waals surface area contributed by atoms with Gasteiger partial charge in [-0.3, -0.25) is 4.79 Å². The maximum Gasteiger partial charge on any atom is 0.271 e. The molecule has 168 valence electrons. The molecule has 0 aliphatic carbocycles. The van der Waals surface area contributed by atoms with Gasteiger partial charge in [0.2, 0.25) is 0 Å². The van der Waals surface area contributed by atoms with Crippen LogP contribution in [0.5, 0.6) is 5.75 Å². The van der Waals surface area contributed by atoms with Crippen molar-refractivity contribution < 1.29 is 13.9 Å². The van der Waals surface area contributed by atoms with Crippen molar-refractivity contribution >= 4 is 22.9 Å². The van der Waals surface area contributed by atoms with Gasteiger partial charge in [-0.25, -0.2) is 9.37 Å². The van der Waals surface area contributed by atoms with Crippen LogP contribution in [0.2, 0.25) is 0 Å². The van der Waals surface area contributed by atoms with Crippen LogP contribution in [-0.4, -0.2) is 56.1 Å². The van der Waals surface area contributed by atoms with E-state index in [2.05, 4.69) is 27.1 Å². The number of aromatic nitrogens is 1. The van der Waals surface area contributed by atoms with Crippen molar-refractivity contribution in [2.75, 3.05) is 45.2 Å². The van der Waals surface area contributed by atoms with Gasteiger partial charge in [0.25, 0.3) is 5.91 Å². The molecule has 1 fully saturated rings. The van der Waals surface area contributed by atoms with Gasteiger partial charge in [0.1, 0.15) is 22.3 Å². The molecule has 1 N–H and O–H groups in total. The number of ether oxygens (including phenoxy) is 1. The number of piperazine rings is 1. The highest BCUT2D eigenvalue weighted by Gasteiger charge is 2.22. The molecule has 1 aromatic heterocycles. The lowest BCUT2D eigenvalue weighted by molar-refractivity contribution is 0.0935. The number of thiazole rings is 1. The predicted octanol–water partition coefficient (Wildman–Crippen LogP) is 4.20. The third-order valence-corrected chi connectivity index (χ3v) is 6.60. The largest absolute Gasteiger partial charge is 0.496 e. The van der Waals surface area contributed by atoms with Gasteiger partial charge in [-0.1, -0.05) is 12.1 Å². The van der Waals surface area contributed by atoms with Gasteiger partial charge in [0.15, 0.2) is 0 Å². The molecular weight excluding hydrogens is 427 g/mol. The summed E-state index contributed by atoms with van der Waals surface area (Å²) in [6.07, 6.45) is 0. The van der Waals surface area contributed by atoms with Crippen molar-refractivity contribution in [2.24, 2.45) is 0 Å². The molecule has 1 amide bonds. The van der Waals surface area contributed by atoms with E-state index in [0.29, 0.717) is 16.5 Å². The van der Waals surface area contributed by atoms with E-state index in [0.717, 1.165) is 43.0 Å². The first-order valence-electron chi connectivity index (χ1n) is 10.6. The lowest BCUT2D eigenvalue weighted by atomic mass is 10.0. The van der Waals surface area contributed by atoms with Gasteiger partial charge in [0.05, 0.1) is 18.7 Å². The van der Waals surface area contributed by atoms with Crippen LogP contribution < -0.4 is 15.0 Å². The van der Waals surface area contributed by atoms with E-state index in [1.54, 1.807) is 18.6 Å². The summed E-state index contributed by atoms with van der Waals surface area (Å²) in [5, 5.41) is 5.44. The SMILES string of the molecule is COc1ccccc1-c1nc(C(=O)NC(C)c2cc(F)ccc2N2CCN(C)CC2)cs1. The van der Waals surface area contributed by atoms with Crippen LogP contribution in [0, 0.1) is 5.82 Å². The van der Waals surface area contributed by atoms with Crippen LogP contribution in [0.1, 0.15) is 29.0 Å². The quantitative estimate of drug-likeness (QED) is 0.605. The van der Waals surface area contributed by atoms with E-state index in [-0.39, 0.29) is 17.8 Å². The van der Waals surface area contributed by atoms with Crippen LogP contribution in [0.25, 0.3) is 10.6 Å². The number of hydrogen-bond acceptors (Lipinski definition) is 6. The zero-order valence-corrected chi connectivity index (χ0v) is 19.3. The number of benzene rings is 2. The van der Waals surface area contributed by atoms with Crippen molar-refractivity contribution in [3.05, 3.63) is 64.9 Å². The van der Waals surface area contributed by atoms with E-state index >= 15 is 0 Å². The molecule has 8 heteroatoms. The van der Waals surface area contributed by atoms with Gasteiger partial charge < -0.3 is 19.9 Å². The molecule has 1 aliphatic rings. The highest BCUT2D eigenvalue weighted by molar-refractivity contribution is 7.13. The van der Waals surface area contributed by atoms with Crippen molar-refractivity contribution in [2.45, 2.75) is 13.0 Å². The molecule has 0 saturated carbocycles. The number of carbonyl (C=O) groups excluding carboxylic acids is 1. The Bertz CT molecular complexity index is 1100. The number of carbonyl (C=O) groups is 1. The number of hydrogen-bond donors (Lipinski definition) is 1. The van der Waals surface area contributed by atoms with Crippen LogP contribution in [-0.2, 0) is 0 Å². The van der Waals surface area contributed by atoms with Crippen LogP contribution >= 0.6 is 11.3 Å². The third-order valence-electron chi connectivity index (χ3n) is 5.72. The van der Waals surface area contributed by atoms with Crippen LogP contribution in [0.15, 0.2) is 47.8 Å². The van der Waals surface area contributed by atoms with Crippen LogP contribution in [0.4, 0.5) is 10.1 Å². The standard InChI is InChI=1S/C24H27FN4O2S/c1-16(19-14-17(25)8-9-21(19)29-12-10-28(2)11-13-29)26-23(30)20-15-32-24(27-20)18-6-4-5-7-22(18)31-3/h4-9,14-16H,10-13H2,1-3H3,(H,26,30). The fourth-order valence-corrected chi connectivity index (χ4v) is 4.71. The summed E-state index contributed by atoms with van der Waals surface area (Å²) in [5.74, 6) is 0.105. The molecule has 0 spiro atoms. The van der Waals surface area contributed by atoms with Crippen molar-refractivity contribution in [3.8, 4) is 16.3 Å². The molecule has 0 radical (unpaired) electrons. The van der Waals surface area contributed by atoms with E-state index in [1.165, 1.54) is 23.5 Å². The summed E-state index contributed by atoms with van der Waals surface area (Å²) in [6, 6.07) is 12.0. The zero-order chi connectivity index (χ0) is 22.7. The van der Waals surface area contributed by atoms with E-state index in [4.69, 9.17) is 4.74 Å². The number of halogens is 1. The average Bonchev–Trinajstić information content (AvgIpc) is 3.30. The first kappa shape index (κ1) is 22.2. The van der Waals surface area contributed by atoms with Gasteiger partial charge in [-0.15, -0.1) is 11.3 Å². The van der Waals surface area contributed by atoms with Gasteiger partial charge >= 0.3 is 0 Å². The zero-order valence-electron chi connectivity index (χ0n) is 18.5. The number of likely N-dealkylation sites (N-methyl/N-ethyl adjacent to an activating group) is 1. The Morgan fingerprint density at radius 1 is 1.19 bits per heavy atom. The number of nitrogens with one attached hydrogen (secondary N) is 1. The summed E-state index contributed by atoms with van der Waals surface area (Å²) in [5.41, 5.74) is 2.90. The predicted molar refractivity (Wildman–Crippen MR) is 126 cm³/mol. The molecule has 6 nitrogen and oxygen atoms in total. The first-order chi connectivity index (χ1) is 15.5. The van der Waals surface area contributed by atoms with E-state index < -0.39 is 0 Å². The number of methoxy groups -OCH3 is 1. The van der Waals surface area contributed by atoms with Gasteiger partial charge in [-0.05, 0) is 44.3 Å². The summed E-state index contributed by atoms with van der Waals surface area (Å²) < 4.78 is 19.5. The number of amides is 1. The minimum atomic E-state index is -0.371. The normalized spacial score (nSPS) is 15.4. The van der Waals surface area contributed by atoms with Gasteiger partial charge in [0, 0.05) is 42.8 Å². The molecule has 1 aliphatic heterocycles. The van der Waals surface area contributed by atoms with Crippen molar-refractivity contribution in [1.82, 2.24) is 15.2 Å². The Labute approximate surface area is 191 Å². The van der Waals surface area contributed by atoms with E-state index in [9.17, 15) is 9.18 Å². The molecule has 0 bridgehead atoms. The third kappa shape index (κ3) is 4.76. The fourth-order valence-electron chi connectivity index (χ4n) is 3.88. The number of nitrogens with zero attached hydrogens (tertiary/aromatic N) is 3. The second-order valence-electron chi connectivity index (χ2n) is 7.93. The Morgan fingerprint density at radius 2 is 1.94 bits per heavy atom. The lowest BCUT2D eigenvalue weighted by Gasteiger charge is -2.36. The minimum absolute atomic E-state index is 0.288. The molecular formula is C24H27FN4O2S. The molecule has 1 unspecified atom stereocenters. The summed E-state index contributed by atoms with van der Waals surface area (Å²) in [7, 11) is 3.71. The molecule has 2 heterocycles. The molecule has 1 saturated heterocycles. The van der Waals surface area contributed by atoms with Crippen LogP contribution in [0.3, 0.4) is 0 Å². The summed E-state index contributed by atoms with van der Waals surface area (Å²) in [4.78, 5) is 22.0. The Kier molecular flexibility index (Phi) is 6.72. The Balaban J connectivity index is 1.52. The highest BCUT2D eigenvalue weighted by Crippen LogP contribution is 2.32. The maximum absolute atomic E-state index is 14.1. The maximum atomic E-state index is 14.1. The number of anilines is 1. The Morgan fingerprint density at radius 3 is 2.69 bits per heavy atom. The second kappa shape index (κ2) is 9.67. The first-order valence-corrected chi connectivity index (χ1v) is 11.5.